The summed E-state index contributed by atoms with van der Waals surface area (Å²) in [6, 6.07) is 16.8. The quantitative estimate of drug-likeness (QED) is 0.919. The first kappa shape index (κ1) is 15.9. The smallest absolute Gasteiger partial charge is 0.410 e. The maximum atomic E-state index is 12.8. The first-order chi connectivity index (χ1) is 12.7. The number of hydrogen-bond donors (Lipinski definition) is 1. The molecule has 4 nitrogen and oxygen atoms in total. The van der Waals surface area contributed by atoms with Crippen molar-refractivity contribution in [2.75, 3.05) is 19.7 Å². The molecule has 134 valence electrons. The minimum atomic E-state index is -0.195. The third-order valence-electron chi connectivity index (χ3n) is 6.83. The number of nitrogens with zero attached hydrogens (tertiary/aromatic N) is 1. The van der Waals surface area contributed by atoms with Gasteiger partial charge in [0.25, 0.3) is 0 Å². The summed E-state index contributed by atoms with van der Waals surface area (Å²) in [5.41, 5.74) is 10.9. The van der Waals surface area contributed by atoms with Crippen LogP contribution in [0.25, 0.3) is 11.1 Å². The second-order valence-corrected chi connectivity index (χ2v) is 7.79. The number of carbonyl (C=O) groups excluding carboxylic acids is 1. The Kier molecular flexibility index (Phi) is 3.57. The van der Waals surface area contributed by atoms with E-state index in [-0.39, 0.29) is 17.6 Å². The Labute approximate surface area is 153 Å². The molecule has 2 unspecified atom stereocenters. The number of hydrogen-bond acceptors (Lipinski definition) is 3. The van der Waals surface area contributed by atoms with E-state index in [1.54, 1.807) is 0 Å². The van der Waals surface area contributed by atoms with Crippen molar-refractivity contribution in [3.8, 4) is 11.1 Å². The molecule has 0 spiro atoms. The lowest BCUT2D eigenvalue weighted by Crippen LogP contribution is -2.60. The van der Waals surface area contributed by atoms with E-state index in [1.165, 1.54) is 28.7 Å². The number of amides is 1. The van der Waals surface area contributed by atoms with Gasteiger partial charge < -0.3 is 15.4 Å². The van der Waals surface area contributed by atoms with Gasteiger partial charge in [-0.1, -0.05) is 48.5 Å². The summed E-state index contributed by atoms with van der Waals surface area (Å²) in [5, 5.41) is 0. The van der Waals surface area contributed by atoms with Gasteiger partial charge in [-0.2, -0.15) is 0 Å². The number of fused-ring (bicyclic) bond motifs is 4. The molecule has 1 aliphatic heterocycles. The number of rotatable bonds is 3. The summed E-state index contributed by atoms with van der Waals surface area (Å²) in [6.07, 6.45) is 3.06. The van der Waals surface area contributed by atoms with Gasteiger partial charge in [-0.15, -0.1) is 0 Å². The van der Waals surface area contributed by atoms with Crippen molar-refractivity contribution in [1.29, 1.82) is 0 Å². The number of ether oxygens (including phenoxy) is 1. The van der Waals surface area contributed by atoms with E-state index < -0.39 is 0 Å². The summed E-state index contributed by atoms with van der Waals surface area (Å²) >= 11 is 0. The second kappa shape index (κ2) is 5.85. The molecule has 1 heterocycles. The molecule has 4 heteroatoms. The molecule has 0 aromatic heterocycles. The van der Waals surface area contributed by atoms with Crippen LogP contribution in [-0.2, 0) is 4.74 Å². The third-order valence-corrected chi connectivity index (χ3v) is 6.83. The Morgan fingerprint density at radius 2 is 1.73 bits per heavy atom. The predicted octanol–water partition coefficient (Wildman–Crippen LogP) is 3.75. The molecule has 0 radical (unpaired) electrons. The average molecular weight is 348 g/mol. The molecule has 26 heavy (non-hydrogen) atoms. The number of benzene rings is 2. The van der Waals surface area contributed by atoms with Crippen LogP contribution >= 0.6 is 0 Å². The minimum absolute atomic E-state index is 0.111. The highest BCUT2D eigenvalue weighted by molar-refractivity contribution is 5.79. The molecule has 0 bridgehead atoms. The molecule has 2 aromatic rings. The van der Waals surface area contributed by atoms with Gasteiger partial charge in [0.1, 0.15) is 6.61 Å². The zero-order valence-corrected chi connectivity index (χ0v) is 14.9. The molecule has 5 rings (SSSR count). The highest BCUT2D eigenvalue weighted by Crippen LogP contribution is 2.50. The van der Waals surface area contributed by atoms with Gasteiger partial charge in [0.15, 0.2) is 0 Å². The molecule has 1 saturated carbocycles. The van der Waals surface area contributed by atoms with E-state index in [1.807, 2.05) is 4.90 Å². The monoisotopic (exact) mass is 348 g/mol. The van der Waals surface area contributed by atoms with E-state index in [9.17, 15) is 4.79 Å². The molecule has 2 atom stereocenters. The largest absolute Gasteiger partial charge is 0.448 e. The maximum absolute atomic E-state index is 12.8. The zero-order chi connectivity index (χ0) is 17.7. The summed E-state index contributed by atoms with van der Waals surface area (Å²) in [6.45, 7) is 1.70. The molecule has 1 amide bonds. The van der Waals surface area contributed by atoms with E-state index in [2.05, 4.69) is 48.5 Å². The van der Waals surface area contributed by atoms with Crippen molar-refractivity contribution in [2.24, 2.45) is 11.7 Å². The van der Waals surface area contributed by atoms with Crippen molar-refractivity contribution >= 4 is 6.09 Å². The molecule has 2 fully saturated rings. The van der Waals surface area contributed by atoms with Crippen LogP contribution in [-0.4, -0.2) is 36.2 Å². The lowest BCUT2D eigenvalue weighted by atomic mass is 9.67. The van der Waals surface area contributed by atoms with Crippen LogP contribution < -0.4 is 5.73 Å². The van der Waals surface area contributed by atoms with Gasteiger partial charge >= 0.3 is 6.09 Å². The molecule has 2 N–H and O–H groups in total. The second-order valence-electron chi connectivity index (χ2n) is 7.79. The van der Waals surface area contributed by atoms with E-state index >= 15 is 0 Å². The molecule has 2 aromatic carbocycles. The van der Waals surface area contributed by atoms with Gasteiger partial charge in [0, 0.05) is 19.0 Å². The summed E-state index contributed by atoms with van der Waals surface area (Å²) in [5.74, 6) is 0.674. The van der Waals surface area contributed by atoms with Crippen molar-refractivity contribution < 1.29 is 9.53 Å². The van der Waals surface area contributed by atoms with Crippen molar-refractivity contribution in [3.05, 3.63) is 59.7 Å². The molecular formula is C22H24N2O2. The maximum Gasteiger partial charge on any atom is 0.410 e. The summed E-state index contributed by atoms with van der Waals surface area (Å²) in [7, 11) is 0. The van der Waals surface area contributed by atoms with Gasteiger partial charge in [-0.3, -0.25) is 0 Å². The lowest BCUT2D eigenvalue weighted by Gasteiger charge is -2.48. The minimum Gasteiger partial charge on any atom is -0.448 e. The van der Waals surface area contributed by atoms with Gasteiger partial charge in [-0.05, 0) is 47.4 Å². The third kappa shape index (κ3) is 2.08. The van der Waals surface area contributed by atoms with Crippen molar-refractivity contribution in [2.45, 2.75) is 30.7 Å². The van der Waals surface area contributed by atoms with E-state index in [0.29, 0.717) is 19.1 Å². The van der Waals surface area contributed by atoms with Crippen LogP contribution in [0.3, 0.4) is 0 Å². The van der Waals surface area contributed by atoms with Crippen LogP contribution in [0.1, 0.15) is 36.3 Å². The standard InChI is InChI=1S/C22H24N2O2/c23-14-22-11-9-15(22)10-12-24(22)21(25)26-13-20-18-7-3-1-5-16(18)17-6-2-4-8-19(17)20/h1-8,15,20H,9-14,23H2. The Hall–Kier alpha value is -2.33. The summed E-state index contributed by atoms with van der Waals surface area (Å²) < 4.78 is 5.83. The van der Waals surface area contributed by atoms with Crippen molar-refractivity contribution in [3.63, 3.8) is 0 Å². The SMILES string of the molecule is NCC12CCC1CCN2C(=O)OCC1c2ccccc2-c2ccccc21. The molecule has 1 saturated heterocycles. The summed E-state index contributed by atoms with van der Waals surface area (Å²) in [4.78, 5) is 14.7. The van der Waals surface area contributed by atoms with E-state index in [4.69, 9.17) is 10.5 Å². The Balaban J connectivity index is 1.37. The predicted molar refractivity (Wildman–Crippen MR) is 101 cm³/mol. The van der Waals surface area contributed by atoms with Gasteiger partial charge in [0.05, 0.1) is 5.54 Å². The fourth-order valence-electron chi connectivity index (χ4n) is 5.28. The first-order valence-electron chi connectivity index (χ1n) is 9.57. The number of likely N-dealkylation sites (tertiary alicyclic amines) is 1. The highest BCUT2D eigenvalue weighted by Gasteiger charge is 2.56. The van der Waals surface area contributed by atoms with Gasteiger partial charge in [0.2, 0.25) is 0 Å². The Morgan fingerprint density at radius 1 is 1.08 bits per heavy atom. The fraction of sp³-hybridized carbons (Fsp3) is 0.409. The van der Waals surface area contributed by atoms with Crippen LogP contribution in [0.2, 0.25) is 0 Å². The molecule has 3 aliphatic rings. The fourth-order valence-corrected chi connectivity index (χ4v) is 5.28. The number of carbonyl (C=O) groups is 1. The zero-order valence-electron chi connectivity index (χ0n) is 14.9. The highest BCUT2D eigenvalue weighted by atomic mass is 16.6. The van der Waals surface area contributed by atoms with Gasteiger partial charge in [-0.25, -0.2) is 4.79 Å². The van der Waals surface area contributed by atoms with Crippen molar-refractivity contribution in [1.82, 2.24) is 4.90 Å². The molecular weight excluding hydrogens is 324 g/mol. The Morgan fingerprint density at radius 3 is 2.31 bits per heavy atom. The average Bonchev–Trinajstić information content (AvgIpc) is 3.12. The number of nitrogens with two attached hydrogens (primary N) is 1. The lowest BCUT2D eigenvalue weighted by molar-refractivity contribution is 0.0157. The van der Waals surface area contributed by atoms with Crippen LogP contribution in [0.4, 0.5) is 4.79 Å². The van der Waals surface area contributed by atoms with E-state index in [0.717, 1.165) is 19.4 Å². The topological polar surface area (TPSA) is 55.6 Å². The Bertz CT molecular complexity index is 815. The molecule has 2 aliphatic carbocycles. The first-order valence-corrected chi connectivity index (χ1v) is 9.57. The van der Waals surface area contributed by atoms with Crippen LogP contribution in [0, 0.1) is 5.92 Å². The van der Waals surface area contributed by atoms with Crippen LogP contribution in [0.5, 0.6) is 0 Å². The van der Waals surface area contributed by atoms with Crippen LogP contribution in [0.15, 0.2) is 48.5 Å². The normalized spacial score (nSPS) is 26.0.